The molecule has 0 saturated heterocycles. The molecule has 0 bridgehead atoms. The summed E-state index contributed by atoms with van der Waals surface area (Å²) in [5, 5.41) is 11.3. The molecule has 42 heavy (non-hydrogen) atoms. The molecule has 0 saturated carbocycles. The molecule has 0 aliphatic carbocycles. The summed E-state index contributed by atoms with van der Waals surface area (Å²) >= 11 is 3.78. The molecule has 0 radical (unpaired) electrons. The van der Waals surface area contributed by atoms with E-state index in [1.165, 1.54) is 0 Å². The summed E-state index contributed by atoms with van der Waals surface area (Å²) in [4.78, 5) is 10.1. The molecule has 6 aromatic rings. The zero-order valence-electron chi connectivity index (χ0n) is 23.3. The number of aromatic nitrogens is 2. The van der Waals surface area contributed by atoms with Crippen LogP contribution in [0.15, 0.2) is 125 Å². The van der Waals surface area contributed by atoms with Crippen molar-refractivity contribution < 1.29 is 4.74 Å². The summed E-state index contributed by atoms with van der Waals surface area (Å²) < 4.78 is 9.12. The topological polar surface area (TPSA) is 63.2 Å². The van der Waals surface area contributed by atoms with Crippen LogP contribution in [0.1, 0.15) is 27.9 Å². The van der Waals surface area contributed by atoms with E-state index in [1.54, 1.807) is 0 Å². The van der Waals surface area contributed by atoms with E-state index in [9.17, 15) is 5.26 Å². The van der Waals surface area contributed by atoms with Gasteiger partial charge in [-0.2, -0.15) is 5.26 Å². The van der Waals surface area contributed by atoms with Crippen LogP contribution < -0.4 is 4.74 Å². The van der Waals surface area contributed by atoms with E-state index in [1.807, 2.05) is 128 Å². The van der Waals surface area contributed by atoms with Crippen LogP contribution in [0.5, 0.6) is 5.75 Å². The lowest BCUT2D eigenvalue weighted by atomic mass is 9.95. The molecule has 6 heteroatoms. The van der Waals surface area contributed by atoms with Gasteiger partial charge < -0.3 is 9.30 Å². The monoisotopic (exact) mass is 610 g/mol. The zero-order chi connectivity index (χ0) is 29.1. The van der Waals surface area contributed by atoms with Gasteiger partial charge in [0.25, 0.3) is 0 Å². The minimum atomic E-state index is 0.255. The summed E-state index contributed by atoms with van der Waals surface area (Å²) in [5.74, 6) is 0.771. The lowest BCUT2D eigenvalue weighted by molar-refractivity contribution is 0.304. The number of benzene rings is 4. The van der Waals surface area contributed by atoms with Crippen molar-refractivity contribution in [2.45, 2.75) is 13.5 Å². The van der Waals surface area contributed by atoms with E-state index >= 15 is 0 Å². The molecule has 2 aromatic heterocycles. The van der Waals surface area contributed by atoms with Crippen LogP contribution in [0, 0.1) is 18.3 Å². The van der Waals surface area contributed by atoms with Gasteiger partial charge in [-0.15, -0.1) is 0 Å². The van der Waals surface area contributed by atoms with E-state index in [0.29, 0.717) is 17.9 Å². The maximum Gasteiger partial charge on any atom is 0.169 e. The summed E-state index contributed by atoms with van der Waals surface area (Å²) in [6, 6.07) is 38.5. The van der Waals surface area contributed by atoms with Crippen LogP contribution >= 0.6 is 15.9 Å². The van der Waals surface area contributed by atoms with Crippen molar-refractivity contribution in [1.82, 2.24) is 9.55 Å². The Morgan fingerprint density at radius 2 is 1.50 bits per heavy atom. The molecule has 204 valence electrons. The quantitative estimate of drug-likeness (QED) is 0.169. The number of hydrogen-bond acceptors (Lipinski definition) is 4. The number of hydrogen-bond donors (Lipinski definition) is 0. The van der Waals surface area contributed by atoms with Crippen molar-refractivity contribution in [3.8, 4) is 22.9 Å². The fourth-order valence-corrected chi connectivity index (χ4v) is 5.85. The van der Waals surface area contributed by atoms with Crippen LogP contribution in [-0.2, 0) is 13.7 Å². The second kappa shape index (κ2) is 11.9. The molecule has 0 N–H and O–H groups in total. The highest BCUT2D eigenvalue weighted by molar-refractivity contribution is 9.10. The van der Waals surface area contributed by atoms with E-state index in [0.717, 1.165) is 54.7 Å². The SMILES string of the molecule is Cc1c(OCc2ccccc2)cccc1-c1c(N=C(c2ccccc2)c2ccccc2)c(C#N)nc2c1c(Br)cn2C. The Morgan fingerprint density at radius 3 is 2.12 bits per heavy atom. The molecule has 0 fully saturated rings. The molecular weight excluding hydrogens is 584 g/mol. The van der Waals surface area contributed by atoms with Gasteiger partial charge in [-0.3, -0.25) is 0 Å². The van der Waals surface area contributed by atoms with Crippen molar-refractivity contribution in [2.75, 3.05) is 0 Å². The number of rotatable bonds is 7. The molecule has 0 amide bonds. The van der Waals surface area contributed by atoms with Gasteiger partial charge in [-0.1, -0.05) is 103 Å². The average molecular weight is 612 g/mol. The first kappa shape index (κ1) is 27.2. The first-order valence-corrected chi connectivity index (χ1v) is 14.4. The summed E-state index contributed by atoms with van der Waals surface area (Å²) in [6.07, 6.45) is 1.97. The van der Waals surface area contributed by atoms with Gasteiger partial charge in [0, 0.05) is 39.8 Å². The Hall–Kier alpha value is -4.99. The minimum absolute atomic E-state index is 0.255. The summed E-state index contributed by atoms with van der Waals surface area (Å²) in [5.41, 5.74) is 7.93. The lowest BCUT2D eigenvalue weighted by Crippen LogP contribution is -2.04. The zero-order valence-corrected chi connectivity index (χ0v) is 24.8. The number of pyridine rings is 1. The molecule has 0 spiro atoms. The van der Waals surface area contributed by atoms with Gasteiger partial charge in [0.15, 0.2) is 5.69 Å². The van der Waals surface area contributed by atoms with Crippen molar-refractivity contribution in [1.29, 1.82) is 5.26 Å². The molecule has 2 heterocycles. The standard InChI is InChI=1S/C36H27BrN4O/c1-24-28(19-12-20-31(24)42-23-25-13-6-3-7-14-25)32-33-29(37)22-41(2)36(33)39-30(21-38)35(32)40-34(26-15-8-4-9-16-26)27-17-10-5-11-18-27/h3-20,22H,23H2,1-2H3. The molecule has 0 aliphatic heterocycles. The highest BCUT2D eigenvalue weighted by Gasteiger charge is 2.24. The van der Waals surface area contributed by atoms with Crippen LogP contribution in [0.2, 0.25) is 0 Å². The van der Waals surface area contributed by atoms with Crippen molar-refractivity contribution in [2.24, 2.45) is 12.0 Å². The predicted molar refractivity (Wildman–Crippen MR) is 172 cm³/mol. The maximum atomic E-state index is 10.4. The highest BCUT2D eigenvalue weighted by Crippen LogP contribution is 2.45. The smallest absolute Gasteiger partial charge is 0.169 e. The van der Waals surface area contributed by atoms with Gasteiger partial charge in [-0.25, -0.2) is 9.98 Å². The molecule has 0 unspecified atom stereocenters. The second-order valence-electron chi connectivity index (χ2n) is 9.98. The van der Waals surface area contributed by atoms with Crippen molar-refractivity contribution in [3.05, 3.63) is 148 Å². The molecule has 4 aromatic carbocycles. The number of nitriles is 1. The van der Waals surface area contributed by atoms with Gasteiger partial charge in [0.1, 0.15) is 29.8 Å². The summed E-state index contributed by atoms with van der Waals surface area (Å²) in [6.45, 7) is 2.50. The van der Waals surface area contributed by atoms with E-state index in [2.05, 4.69) is 28.1 Å². The average Bonchev–Trinajstić information content (AvgIpc) is 3.32. The number of fused-ring (bicyclic) bond motifs is 1. The molecular formula is C36H27BrN4O. The lowest BCUT2D eigenvalue weighted by Gasteiger charge is -2.17. The van der Waals surface area contributed by atoms with Gasteiger partial charge >= 0.3 is 0 Å². The van der Waals surface area contributed by atoms with Crippen LogP contribution in [0.4, 0.5) is 5.69 Å². The molecule has 5 nitrogen and oxygen atoms in total. The highest BCUT2D eigenvalue weighted by atomic mass is 79.9. The fourth-order valence-electron chi connectivity index (χ4n) is 5.17. The van der Waals surface area contributed by atoms with E-state index < -0.39 is 0 Å². The Bertz CT molecular complexity index is 1920. The number of ether oxygens (including phenoxy) is 1. The normalized spacial score (nSPS) is 10.8. The van der Waals surface area contributed by atoms with Gasteiger partial charge in [0.2, 0.25) is 0 Å². The number of nitrogens with zero attached hydrogens (tertiary/aromatic N) is 4. The number of aryl methyl sites for hydroxylation is 1. The van der Waals surface area contributed by atoms with E-state index in [-0.39, 0.29) is 5.69 Å². The largest absolute Gasteiger partial charge is 0.489 e. The molecule has 6 rings (SSSR count). The van der Waals surface area contributed by atoms with Gasteiger partial charge in [-0.05, 0) is 45.6 Å². The van der Waals surface area contributed by atoms with Crippen molar-refractivity contribution in [3.63, 3.8) is 0 Å². The first-order chi connectivity index (χ1) is 20.5. The van der Waals surface area contributed by atoms with Gasteiger partial charge in [0.05, 0.1) is 5.71 Å². The third-order valence-electron chi connectivity index (χ3n) is 7.25. The van der Waals surface area contributed by atoms with Crippen LogP contribution in [0.25, 0.3) is 22.2 Å². The third-order valence-corrected chi connectivity index (χ3v) is 7.85. The molecule has 0 atom stereocenters. The van der Waals surface area contributed by atoms with Crippen LogP contribution in [0.3, 0.4) is 0 Å². The fraction of sp³-hybridized carbons (Fsp3) is 0.0833. The van der Waals surface area contributed by atoms with Crippen molar-refractivity contribution >= 4 is 38.4 Å². The second-order valence-corrected chi connectivity index (χ2v) is 10.8. The van der Waals surface area contributed by atoms with E-state index in [4.69, 9.17) is 14.7 Å². The van der Waals surface area contributed by atoms with Crippen LogP contribution in [-0.4, -0.2) is 15.3 Å². The minimum Gasteiger partial charge on any atom is -0.489 e. The number of halogens is 1. The Balaban J connectivity index is 1.63. The first-order valence-electron chi connectivity index (χ1n) is 13.6. The maximum absolute atomic E-state index is 10.4. The molecule has 0 aliphatic rings. The third kappa shape index (κ3) is 5.23. The summed E-state index contributed by atoms with van der Waals surface area (Å²) in [7, 11) is 1.93. The Kier molecular flexibility index (Phi) is 7.68. The predicted octanol–water partition coefficient (Wildman–Crippen LogP) is 8.93. The Labute approximate surface area is 253 Å². The Morgan fingerprint density at radius 1 is 0.881 bits per heavy atom. The number of aliphatic imine (C=N–C) groups is 1.